The monoisotopic (exact) mass is 488 g/mol. The molecule has 0 aliphatic carbocycles. The Bertz CT molecular complexity index is 1410. The molecule has 0 radical (unpaired) electrons. The van der Waals surface area contributed by atoms with E-state index < -0.39 is 0 Å². The lowest BCUT2D eigenvalue weighted by molar-refractivity contribution is -0.120. The predicted molar refractivity (Wildman–Crippen MR) is 141 cm³/mol. The molecule has 2 aromatic heterocycles. The SMILES string of the molecule is COc1cccc(NC(=O)[C@@H]2CCCN(c3nc4ccsc4c(=O)n3Cc3ccc(C)cc3)C2)c1. The van der Waals surface area contributed by atoms with Crippen molar-refractivity contribution >= 4 is 39.1 Å². The highest BCUT2D eigenvalue weighted by Gasteiger charge is 2.29. The van der Waals surface area contributed by atoms with Crippen LogP contribution in [0.5, 0.6) is 5.75 Å². The molecule has 2 aromatic carbocycles. The Morgan fingerprint density at radius 1 is 1.20 bits per heavy atom. The van der Waals surface area contributed by atoms with Crippen LogP contribution >= 0.6 is 11.3 Å². The van der Waals surface area contributed by atoms with Crippen LogP contribution in [0.3, 0.4) is 0 Å². The van der Waals surface area contributed by atoms with Crippen LogP contribution in [0.2, 0.25) is 0 Å². The van der Waals surface area contributed by atoms with E-state index >= 15 is 0 Å². The molecule has 1 aliphatic rings. The molecule has 1 fully saturated rings. The summed E-state index contributed by atoms with van der Waals surface area (Å²) in [5.41, 5.74) is 3.59. The smallest absolute Gasteiger partial charge is 0.273 e. The van der Waals surface area contributed by atoms with Gasteiger partial charge in [0.2, 0.25) is 11.9 Å². The van der Waals surface area contributed by atoms with Crippen molar-refractivity contribution in [1.82, 2.24) is 9.55 Å². The Kier molecular flexibility index (Phi) is 6.55. The highest BCUT2D eigenvalue weighted by atomic mass is 32.1. The molecule has 7 nitrogen and oxygen atoms in total. The molecule has 0 bridgehead atoms. The summed E-state index contributed by atoms with van der Waals surface area (Å²) in [7, 11) is 1.60. The molecule has 0 unspecified atom stereocenters. The van der Waals surface area contributed by atoms with Crippen LogP contribution in [0.15, 0.2) is 64.8 Å². The van der Waals surface area contributed by atoms with Gasteiger partial charge in [0.15, 0.2) is 0 Å². The number of benzene rings is 2. The first-order valence-electron chi connectivity index (χ1n) is 11.8. The first-order valence-corrected chi connectivity index (χ1v) is 12.6. The molecule has 8 heteroatoms. The standard InChI is InChI=1S/C27H28N4O3S/c1-18-8-10-19(11-9-18)16-31-26(33)24-23(12-14-35-24)29-27(31)30-13-4-5-20(17-30)25(32)28-21-6-3-7-22(15-21)34-2/h3,6-12,14-15,20H,4-5,13,16-17H2,1-2H3,(H,28,32)/t20-/m1/s1. The zero-order valence-corrected chi connectivity index (χ0v) is 20.7. The fraction of sp³-hybridized carbons (Fsp3) is 0.296. The third kappa shape index (κ3) is 4.93. The minimum atomic E-state index is -0.210. The van der Waals surface area contributed by atoms with E-state index in [0.717, 1.165) is 24.9 Å². The zero-order valence-electron chi connectivity index (χ0n) is 19.9. The van der Waals surface area contributed by atoms with E-state index in [1.807, 2.05) is 54.8 Å². The number of ether oxygens (including phenoxy) is 1. The molecule has 1 amide bonds. The fourth-order valence-electron chi connectivity index (χ4n) is 4.51. The molecule has 1 saturated heterocycles. The highest BCUT2D eigenvalue weighted by Crippen LogP contribution is 2.26. The molecule has 1 N–H and O–H groups in total. The summed E-state index contributed by atoms with van der Waals surface area (Å²) < 4.78 is 7.68. The summed E-state index contributed by atoms with van der Waals surface area (Å²) in [6, 6.07) is 17.4. The number of anilines is 2. The van der Waals surface area contributed by atoms with E-state index in [4.69, 9.17) is 9.72 Å². The Balaban J connectivity index is 1.43. The molecule has 3 heterocycles. The second-order valence-corrected chi connectivity index (χ2v) is 9.85. The van der Waals surface area contributed by atoms with Crippen molar-refractivity contribution < 1.29 is 9.53 Å². The van der Waals surface area contributed by atoms with Crippen molar-refractivity contribution in [3.63, 3.8) is 0 Å². The number of carbonyl (C=O) groups is 1. The number of carbonyl (C=O) groups excluding carboxylic acids is 1. The van der Waals surface area contributed by atoms with Crippen LogP contribution in [0, 0.1) is 12.8 Å². The van der Waals surface area contributed by atoms with E-state index in [2.05, 4.69) is 22.3 Å². The average Bonchev–Trinajstić information content (AvgIpc) is 3.36. The van der Waals surface area contributed by atoms with Gasteiger partial charge in [0, 0.05) is 24.8 Å². The molecule has 1 atom stereocenters. The number of piperidine rings is 1. The topological polar surface area (TPSA) is 76.5 Å². The molecule has 35 heavy (non-hydrogen) atoms. The number of hydrogen-bond acceptors (Lipinski definition) is 6. The summed E-state index contributed by atoms with van der Waals surface area (Å²) >= 11 is 1.42. The number of thiophene rings is 1. The van der Waals surface area contributed by atoms with Gasteiger partial charge in [0.05, 0.1) is 25.1 Å². The molecular weight excluding hydrogens is 460 g/mol. The van der Waals surface area contributed by atoms with E-state index in [1.54, 1.807) is 11.7 Å². The first-order chi connectivity index (χ1) is 17.0. The van der Waals surface area contributed by atoms with Gasteiger partial charge >= 0.3 is 0 Å². The Labute approximate surface area is 208 Å². The predicted octanol–water partition coefficient (Wildman–Crippen LogP) is 4.68. The molecule has 4 aromatic rings. The Hall–Kier alpha value is -3.65. The van der Waals surface area contributed by atoms with Gasteiger partial charge in [-0.05, 0) is 48.9 Å². The van der Waals surface area contributed by atoms with Crippen molar-refractivity contribution in [1.29, 1.82) is 0 Å². The number of aromatic nitrogens is 2. The van der Waals surface area contributed by atoms with Crippen molar-refractivity contribution in [2.45, 2.75) is 26.3 Å². The number of rotatable bonds is 6. The fourth-order valence-corrected chi connectivity index (χ4v) is 5.29. The van der Waals surface area contributed by atoms with E-state index in [1.165, 1.54) is 16.9 Å². The lowest BCUT2D eigenvalue weighted by Gasteiger charge is -2.34. The third-order valence-electron chi connectivity index (χ3n) is 6.42. The van der Waals surface area contributed by atoms with Crippen LogP contribution in [0.4, 0.5) is 11.6 Å². The number of methoxy groups -OCH3 is 1. The quantitative estimate of drug-likeness (QED) is 0.427. The van der Waals surface area contributed by atoms with Crippen molar-refractivity contribution in [3.05, 3.63) is 81.5 Å². The molecule has 5 rings (SSSR count). The number of nitrogens with one attached hydrogen (secondary N) is 1. The third-order valence-corrected chi connectivity index (χ3v) is 7.31. The maximum Gasteiger partial charge on any atom is 0.273 e. The highest BCUT2D eigenvalue weighted by molar-refractivity contribution is 7.17. The van der Waals surface area contributed by atoms with Gasteiger partial charge in [0.1, 0.15) is 10.4 Å². The molecule has 180 valence electrons. The van der Waals surface area contributed by atoms with Gasteiger partial charge in [-0.3, -0.25) is 14.2 Å². The summed E-state index contributed by atoms with van der Waals surface area (Å²) in [6.45, 7) is 3.74. The Morgan fingerprint density at radius 2 is 2.03 bits per heavy atom. The van der Waals surface area contributed by atoms with Crippen LogP contribution in [0.1, 0.15) is 24.0 Å². The van der Waals surface area contributed by atoms with Gasteiger partial charge in [-0.25, -0.2) is 4.98 Å². The van der Waals surface area contributed by atoms with Crippen molar-refractivity contribution in [3.8, 4) is 5.75 Å². The first kappa shape index (κ1) is 23.1. The Morgan fingerprint density at radius 3 is 2.83 bits per heavy atom. The van der Waals surface area contributed by atoms with E-state index in [-0.39, 0.29) is 17.4 Å². The number of aryl methyl sites for hydroxylation is 1. The van der Waals surface area contributed by atoms with Gasteiger partial charge < -0.3 is 15.0 Å². The zero-order chi connectivity index (χ0) is 24.4. The summed E-state index contributed by atoms with van der Waals surface area (Å²) in [5, 5.41) is 4.92. The summed E-state index contributed by atoms with van der Waals surface area (Å²) in [4.78, 5) is 33.6. The second kappa shape index (κ2) is 9.92. The number of fused-ring (bicyclic) bond motifs is 1. The second-order valence-electron chi connectivity index (χ2n) is 8.93. The van der Waals surface area contributed by atoms with Gasteiger partial charge in [-0.15, -0.1) is 11.3 Å². The van der Waals surface area contributed by atoms with Crippen LogP contribution in [-0.4, -0.2) is 35.7 Å². The van der Waals surface area contributed by atoms with Crippen LogP contribution in [-0.2, 0) is 11.3 Å². The normalized spacial score (nSPS) is 15.8. The maximum atomic E-state index is 13.5. The summed E-state index contributed by atoms with van der Waals surface area (Å²) in [6.07, 6.45) is 1.63. The average molecular weight is 489 g/mol. The molecule has 0 spiro atoms. The van der Waals surface area contributed by atoms with Crippen molar-refractivity contribution in [2.24, 2.45) is 5.92 Å². The lowest BCUT2D eigenvalue weighted by atomic mass is 9.97. The summed E-state index contributed by atoms with van der Waals surface area (Å²) in [5.74, 6) is 1.08. The van der Waals surface area contributed by atoms with Crippen molar-refractivity contribution in [2.75, 3.05) is 30.4 Å². The van der Waals surface area contributed by atoms with Gasteiger partial charge in [0.25, 0.3) is 5.56 Å². The molecule has 1 aliphatic heterocycles. The molecular formula is C27H28N4O3S. The minimum absolute atomic E-state index is 0.0352. The maximum absolute atomic E-state index is 13.5. The number of amides is 1. The molecule has 0 saturated carbocycles. The minimum Gasteiger partial charge on any atom is -0.497 e. The number of hydrogen-bond donors (Lipinski definition) is 1. The van der Waals surface area contributed by atoms with Crippen LogP contribution in [0.25, 0.3) is 10.2 Å². The van der Waals surface area contributed by atoms with Gasteiger partial charge in [-0.2, -0.15) is 0 Å². The number of nitrogens with zero attached hydrogens (tertiary/aromatic N) is 3. The van der Waals surface area contributed by atoms with E-state index in [0.29, 0.717) is 40.7 Å². The van der Waals surface area contributed by atoms with Crippen LogP contribution < -0.4 is 20.5 Å². The van der Waals surface area contributed by atoms with E-state index in [9.17, 15) is 9.59 Å². The largest absolute Gasteiger partial charge is 0.497 e. The van der Waals surface area contributed by atoms with Gasteiger partial charge in [-0.1, -0.05) is 35.9 Å². The lowest BCUT2D eigenvalue weighted by Crippen LogP contribution is -2.43.